The molecule has 0 radical (unpaired) electrons. The lowest BCUT2D eigenvalue weighted by molar-refractivity contribution is -0.156. The smallest absolute Gasteiger partial charge is 0.433 e. The molecule has 2 aromatic heterocycles. The highest BCUT2D eigenvalue weighted by atomic mass is 32.3. The summed E-state index contributed by atoms with van der Waals surface area (Å²) in [7, 11) is -1.59. The third-order valence-electron chi connectivity index (χ3n) is 9.84. The number of ether oxygens (including phenoxy) is 2. The molecule has 1 fully saturated rings. The number of carbonyl (C=O) groups excluding carboxylic acids is 1. The van der Waals surface area contributed by atoms with E-state index in [1.165, 1.54) is 19.2 Å². The van der Waals surface area contributed by atoms with Crippen LogP contribution < -0.4 is 0 Å². The van der Waals surface area contributed by atoms with Crippen LogP contribution in [0.1, 0.15) is 151 Å². The van der Waals surface area contributed by atoms with Gasteiger partial charge >= 0.3 is 12.1 Å². The van der Waals surface area contributed by atoms with Crippen LogP contribution in [0.25, 0.3) is 0 Å². The van der Waals surface area contributed by atoms with Crippen LogP contribution in [0.15, 0.2) is 18.3 Å². The van der Waals surface area contributed by atoms with E-state index in [2.05, 4.69) is 66.0 Å². The number of hydrogen-bond acceptors (Lipinski definition) is 6. The van der Waals surface area contributed by atoms with Gasteiger partial charge in [0.05, 0.1) is 17.4 Å². The average Bonchev–Trinajstić information content (AvgIpc) is 3.49. The molecule has 3 atom stereocenters. The number of alkyl halides is 3. The quantitative estimate of drug-likeness (QED) is 0.305. The topological polar surface area (TPSA) is 70.5 Å². The molecule has 0 saturated heterocycles. The van der Waals surface area contributed by atoms with Crippen LogP contribution in [0.4, 0.5) is 13.2 Å². The second-order valence-corrected chi connectivity index (χ2v) is 18.9. The standard InChI is InChI=1S/C34H47F3N2O4S/c1-19(2)27-25-26(33(15-11-12-16-33)42-29(25)21-13-14-23(38-18-21)34(35,36)37)24-22(43-44(9,10)31(4,5)6)17-32(7,8)30(28(24)39-27)41-20(3)40/h13-14,18-19,22,29-30H,11-12,15-17H2,1-10H3. The summed E-state index contributed by atoms with van der Waals surface area (Å²) in [6, 6.07) is 2.51. The number of nitrogens with zero attached hydrogens (tertiary/aromatic N) is 2. The summed E-state index contributed by atoms with van der Waals surface area (Å²) in [6.45, 7) is 16.3. The minimum atomic E-state index is -4.53. The van der Waals surface area contributed by atoms with Gasteiger partial charge in [0.2, 0.25) is 0 Å². The summed E-state index contributed by atoms with van der Waals surface area (Å²) in [4.78, 5) is 21.6. The summed E-state index contributed by atoms with van der Waals surface area (Å²) in [5.41, 5.74) is 2.92. The van der Waals surface area contributed by atoms with Gasteiger partial charge in [0.1, 0.15) is 17.9 Å². The number of halogens is 3. The first kappa shape index (κ1) is 33.2. The van der Waals surface area contributed by atoms with Gasteiger partial charge in [0.15, 0.2) is 0 Å². The molecule has 0 amide bonds. The normalized spacial score (nSPS) is 24.8. The Bertz CT molecular complexity index is 1420. The Hall–Kier alpha value is -2.17. The molecule has 3 unspecified atom stereocenters. The van der Waals surface area contributed by atoms with Crippen molar-refractivity contribution in [3.63, 3.8) is 0 Å². The lowest BCUT2D eigenvalue weighted by Crippen LogP contribution is -2.39. The fraction of sp³-hybridized carbons (Fsp3) is 0.676. The molecule has 2 aromatic rings. The van der Waals surface area contributed by atoms with E-state index in [0.29, 0.717) is 17.7 Å². The lowest BCUT2D eigenvalue weighted by Gasteiger charge is -2.50. The van der Waals surface area contributed by atoms with Gasteiger partial charge in [-0.25, -0.2) is 0 Å². The van der Waals surface area contributed by atoms with Crippen molar-refractivity contribution in [2.45, 2.75) is 128 Å². The van der Waals surface area contributed by atoms with Crippen molar-refractivity contribution in [1.29, 1.82) is 0 Å². The van der Waals surface area contributed by atoms with E-state index in [9.17, 15) is 18.0 Å². The van der Waals surface area contributed by atoms with Crippen LogP contribution in [-0.2, 0) is 30.2 Å². The van der Waals surface area contributed by atoms with Crippen LogP contribution >= 0.6 is 10.3 Å². The number of pyridine rings is 2. The van der Waals surface area contributed by atoms with Crippen LogP contribution in [0.2, 0.25) is 0 Å². The largest absolute Gasteiger partial charge is 0.455 e. The second kappa shape index (κ2) is 11.0. The molecule has 3 heterocycles. The Morgan fingerprint density at radius 1 is 1.09 bits per heavy atom. The maximum Gasteiger partial charge on any atom is 0.433 e. The van der Waals surface area contributed by atoms with Crippen molar-refractivity contribution in [3.05, 3.63) is 57.7 Å². The van der Waals surface area contributed by atoms with E-state index in [4.69, 9.17) is 18.6 Å². The summed E-state index contributed by atoms with van der Waals surface area (Å²) in [6.07, 6.45) is 3.70. The zero-order valence-electron chi connectivity index (χ0n) is 27.6. The SMILES string of the molecule is CC(=O)OC1c2nc(C(C)C)c3c(c2C(OS(C)(C)C(C)(C)C)CC1(C)C)C1(CCCC1)OC3c1ccc(C(F)(F)F)nc1. The number of aromatic nitrogens is 2. The van der Waals surface area contributed by atoms with Crippen LogP contribution in [0.3, 0.4) is 0 Å². The number of hydrogen-bond donors (Lipinski definition) is 0. The second-order valence-electron chi connectivity index (χ2n) is 15.0. The zero-order valence-corrected chi connectivity index (χ0v) is 28.5. The molecule has 1 spiro atoms. The van der Waals surface area contributed by atoms with E-state index in [0.717, 1.165) is 54.1 Å². The van der Waals surface area contributed by atoms with Crippen molar-refractivity contribution in [1.82, 2.24) is 9.97 Å². The van der Waals surface area contributed by atoms with Crippen molar-refractivity contribution in [2.75, 3.05) is 12.5 Å². The Morgan fingerprint density at radius 3 is 2.23 bits per heavy atom. The molecule has 244 valence electrons. The molecule has 6 nitrogen and oxygen atoms in total. The zero-order chi connectivity index (χ0) is 32.6. The maximum atomic E-state index is 13.4. The number of fused-ring (bicyclic) bond motifs is 4. The molecule has 2 aliphatic carbocycles. The lowest BCUT2D eigenvalue weighted by atomic mass is 9.68. The molecule has 0 bridgehead atoms. The third kappa shape index (κ3) is 5.68. The van der Waals surface area contributed by atoms with Gasteiger partial charge in [-0.05, 0) is 49.3 Å². The van der Waals surface area contributed by atoms with Crippen LogP contribution in [0, 0.1) is 5.41 Å². The van der Waals surface area contributed by atoms with Gasteiger partial charge in [-0.3, -0.25) is 14.8 Å². The number of esters is 1. The predicted molar refractivity (Wildman–Crippen MR) is 167 cm³/mol. The fourth-order valence-corrected chi connectivity index (χ4v) is 7.98. The summed E-state index contributed by atoms with van der Waals surface area (Å²) >= 11 is 0. The highest BCUT2D eigenvalue weighted by Crippen LogP contribution is 2.65. The first-order valence-electron chi connectivity index (χ1n) is 15.6. The number of rotatable bonds is 5. The van der Waals surface area contributed by atoms with Gasteiger partial charge in [0, 0.05) is 45.7 Å². The van der Waals surface area contributed by atoms with E-state index >= 15 is 0 Å². The van der Waals surface area contributed by atoms with Crippen molar-refractivity contribution in [2.24, 2.45) is 5.41 Å². The Balaban J connectivity index is 1.82. The first-order chi connectivity index (χ1) is 20.2. The van der Waals surface area contributed by atoms with E-state index in [1.807, 2.05) is 0 Å². The summed E-state index contributed by atoms with van der Waals surface area (Å²) < 4.78 is 60.5. The van der Waals surface area contributed by atoms with E-state index in [-0.39, 0.29) is 22.7 Å². The van der Waals surface area contributed by atoms with Gasteiger partial charge in [0.25, 0.3) is 0 Å². The van der Waals surface area contributed by atoms with Gasteiger partial charge in [-0.2, -0.15) is 13.2 Å². The molecule has 5 rings (SSSR count). The maximum absolute atomic E-state index is 13.4. The Labute approximate surface area is 261 Å². The summed E-state index contributed by atoms with van der Waals surface area (Å²) in [5.74, 6) is -0.402. The van der Waals surface area contributed by atoms with Gasteiger partial charge in [-0.1, -0.05) is 67.4 Å². The minimum Gasteiger partial charge on any atom is -0.455 e. The van der Waals surface area contributed by atoms with Crippen molar-refractivity contribution < 1.29 is 31.6 Å². The Kier molecular flexibility index (Phi) is 8.28. The molecular formula is C34H47F3N2O4S. The van der Waals surface area contributed by atoms with Crippen LogP contribution in [0.5, 0.6) is 0 Å². The van der Waals surface area contributed by atoms with Crippen molar-refractivity contribution in [3.8, 4) is 0 Å². The molecule has 3 aliphatic rings. The number of carbonyl (C=O) groups is 1. The average molecular weight is 637 g/mol. The van der Waals surface area contributed by atoms with E-state index < -0.39 is 45.4 Å². The van der Waals surface area contributed by atoms with Crippen molar-refractivity contribution >= 4 is 16.3 Å². The van der Waals surface area contributed by atoms with Gasteiger partial charge < -0.3 is 13.7 Å². The molecule has 0 aromatic carbocycles. The third-order valence-corrected chi connectivity index (χ3v) is 13.5. The Morgan fingerprint density at radius 2 is 1.73 bits per heavy atom. The highest BCUT2D eigenvalue weighted by molar-refractivity contribution is 8.29. The monoisotopic (exact) mass is 636 g/mol. The molecule has 10 heteroatoms. The fourth-order valence-electron chi connectivity index (χ4n) is 6.95. The highest BCUT2D eigenvalue weighted by Gasteiger charge is 2.56. The minimum absolute atomic E-state index is 0.0295. The van der Waals surface area contributed by atoms with E-state index in [1.54, 1.807) is 0 Å². The molecule has 0 N–H and O–H groups in total. The molecule has 1 aliphatic heterocycles. The van der Waals surface area contributed by atoms with Gasteiger partial charge in [-0.15, -0.1) is 10.3 Å². The predicted octanol–water partition coefficient (Wildman–Crippen LogP) is 9.38. The van der Waals surface area contributed by atoms with Crippen LogP contribution in [-0.4, -0.2) is 33.2 Å². The molecular weight excluding hydrogens is 589 g/mol. The first-order valence-corrected chi connectivity index (χ1v) is 17.9. The molecule has 1 saturated carbocycles. The molecule has 44 heavy (non-hydrogen) atoms. The summed E-state index contributed by atoms with van der Waals surface area (Å²) in [5, 5.41) is 0.